The van der Waals surface area contributed by atoms with Crippen LogP contribution in [0.5, 0.6) is 0 Å². The van der Waals surface area contributed by atoms with Crippen molar-refractivity contribution in [2.45, 2.75) is 48.8 Å². The number of thiophene rings is 1. The van der Waals surface area contributed by atoms with Crippen molar-refractivity contribution in [1.29, 1.82) is 0 Å². The Hall–Kier alpha value is -2.79. The first-order chi connectivity index (χ1) is 17.7. The number of unbranched alkanes of at least 4 members (excludes halogenated alkanes) is 2. The lowest BCUT2D eigenvalue weighted by Crippen LogP contribution is -2.26. The van der Waals surface area contributed by atoms with Crippen molar-refractivity contribution in [1.82, 2.24) is 14.7 Å². The maximum absolute atomic E-state index is 12.9. The Morgan fingerprint density at radius 1 is 0.892 bits per heavy atom. The fourth-order valence-corrected chi connectivity index (χ4v) is 6.36. The topological polar surface area (TPSA) is 109 Å². The van der Waals surface area contributed by atoms with Gasteiger partial charge in [0.2, 0.25) is 10.0 Å². The van der Waals surface area contributed by atoms with Gasteiger partial charge in [-0.3, -0.25) is 0 Å². The molecule has 7 nitrogen and oxygen atoms in total. The molecule has 2 N–H and O–H groups in total. The van der Waals surface area contributed by atoms with Crippen molar-refractivity contribution in [3.8, 4) is 22.0 Å². The Bertz CT molecular complexity index is 1520. The number of benzene rings is 2. The van der Waals surface area contributed by atoms with Gasteiger partial charge in [0.25, 0.3) is 0 Å². The summed E-state index contributed by atoms with van der Waals surface area (Å²) in [6, 6.07) is 17.5. The van der Waals surface area contributed by atoms with Gasteiger partial charge in [-0.15, -0.1) is 11.3 Å². The normalized spacial score (nSPS) is 12.2. The van der Waals surface area contributed by atoms with E-state index in [0.717, 1.165) is 47.4 Å². The molecule has 196 valence electrons. The molecule has 37 heavy (non-hydrogen) atoms. The molecule has 4 aromatic rings. The molecule has 0 radical (unpaired) electrons. The summed E-state index contributed by atoms with van der Waals surface area (Å²) >= 11 is 1.55. The Morgan fingerprint density at radius 3 is 2.22 bits per heavy atom. The van der Waals surface area contributed by atoms with Gasteiger partial charge in [-0.1, -0.05) is 50.1 Å². The molecular weight excluding hydrogens is 527 g/mol. The summed E-state index contributed by atoms with van der Waals surface area (Å²) in [5.41, 5.74) is 3.32. The van der Waals surface area contributed by atoms with E-state index in [1.807, 2.05) is 29.6 Å². The molecule has 0 saturated heterocycles. The number of hydrogen-bond donors (Lipinski definition) is 2. The summed E-state index contributed by atoms with van der Waals surface area (Å²) in [4.78, 5) is 9.52. The highest BCUT2D eigenvalue weighted by atomic mass is 32.2. The van der Waals surface area contributed by atoms with Gasteiger partial charge in [-0.05, 0) is 54.1 Å². The average Bonchev–Trinajstić information content (AvgIpc) is 3.54. The monoisotopic (exact) mass is 557 g/mol. The van der Waals surface area contributed by atoms with Crippen LogP contribution < -0.4 is 4.72 Å². The summed E-state index contributed by atoms with van der Waals surface area (Å²) in [7, 11) is -6.97. The molecule has 0 spiro atoms. The minimum absolute atomic E-state index is 0.182. The predicted molar refractivity (Wildman–Crippen MR) is 149 cm³/mol. The highest BCUT2D eigenvalue weighted by Gasteiger charge is 2.18. The largest absolute Gasteiger partial charge is 0.341 e. The zero-order chi connectivity index (χ0) is 26.5. The smallest absolute Gasteiger partial charge is 0.240 e. The number of H-pyrrole nitrogens is 1. The number of hydrogen-bond acceptors (Lipinski definition) is 6. The first-order valence-corrected chi connectivity index (χ1v) is 16.4. The summed E-state index contributed by atoms with van der Waals surface area (Å²) in [5, 5.41) is 1.96. The highest BCUT2D eigenvalue weighted by molar-refractivity contribution is 7.90. The second-order valence-electron chi connectivity index (χ2n) is 8.94. The Morgan fingerprint density at radius 2 is 1.59 bits per heavy atom. The molecule has 2 heterocycles. The zero-order valence-corrected chi connectivity index (χ0v) is 23.3. The van der Waals surface area contributed by atoms with E-state index in [4.69, 9.17) is 4.98 Å². The molecule has 2 aromatic heterocycles. The molecule has 2 aromatic carbocycles. The second kappa shape index (κ2) is 11.7. The van der Waals surface area contributed by atoms with E-state index in [9.17, 15) is 16.8 Å². The number of sulfone groups is 1. The number of nitrogens with one attached hydrogen (secondary N) is 2. The average molecular weight is 558 g/mol. The quantitative estimate of drug-likeness (QED) is 0.225. The molecule has 10 heteroatoms. The molecular formula is C27H31N3O4S3. The van der Waals surface area contributed by atoms with Gasteiger partial charge in [0.15, 0.2) is 9.84 Å². The maximum Gasteiger partial charge on any atom is 0.240 e. The number of rotatable bonds is 12. The molecule has 0 aliphatic rings. The summed E-state index contributed by atoms with van der Waals surface area (Å²) in [5.74, 6) is 0.689. The van der Waals surface area contributed by atoms with Crippen LogP contribution in [0, 0.1) is 0 Å². The molecule has 4 rings (SSSR count). The van der Waals surface area contributed by atoms with Gasteiger partial charge >= 0.3 is 0 Å². The lowest BCUT2D eigenvalue weighted by atomic mass is 10.1. The third-order valence-corrected chi connectivity index (χ3v) is 9.54. The van der Waals surface area contributed by atoms with Gasteiger partial charge < -0.3 is 4.98 Å². The Kier molecular flexibility index (Phi) is 8.63. The van der Waals surface area contributed by atoms with Crippen LogP contribution in [0.25, 0.3) is 22.0 Å². The van der Waals surface area contributed by atoms with Crippen LogP contribution in [0.4, 0.5) is 0 Å². The summed E-state index contributed by atoms with van der Waals surface area (Å²) in [6.07, 6.45) is 5.90. The van der Waals surface area contributed by atoms with Gasteiger partial charge in [-0.2, -0.15) is 0 Å². The predicted octanol–water partition coefficient (Wildman–Crippen LogP) is 5.46. The number of imidazole rings is 1. The fourth-order valence-electron chi connectivity index (χ4n) is 4.03. The first-order valence-electron chi connectivity index (χ1n) is 12.2. The van der Waals surface area contributed by atoms with Gasteiger partial charge in [-0.25, -0.2) is 26.5 Å². The van der Waals surface area contributed by atoms with E-state index in [0.29, 0.717) is 17.9 Å². The van der Waals surface area contributed by atoms with E-state index in [1.165, 1.54) is 6.26 Å². The van der Waals surface area contributed by atoms with Crippen molar-refractivity contribution in [2.75, 3.05) is 12.8 Å². The van der Waals surface area contributed by atoms with Crippen molar-refractivity contribution >= 4 is 31.2 Å². The SMILES string of the molecule is CCCCCc1ccc(S(=O)(=O)NCCc2[nH]c(-c3cccs3)nc2-c2ccc(S(C)(=O)=O)cc2)cc1. The van der Waals surface area contributed by atoms with E-state index >= 15 is 0 Å². The van der Waals surface area contributed by atoms with Crippen molar-refractivity contribution in [3.05, 3.63) is 77.3 Å². The minimum atomic E-state index is -3.66. The number of aromatic amines is 1. The Balaban J connectivity index is 1.50. The third-order valence-electron chi connectivity index (χ3n) is 6.06. The highest BCUT2D eigenvalue weighted by Crippen LogP contribution is 2.29. The van der Waals surface area contributed by atoms with Crippen LogP contribution >= 0.6 is 11.3 Å². The molecule has 0 fully saturated rings. The number of aromatic nitrogens is 2. The van der Waals surface area contributed by atoms with E-state index in [-0.39, 0.29) is 16.3 Å². The van der Waals surface area contributed by atoms with Crippen LogP contribution in [0.1, 0.15) is 37.4 Å². The molecule has 0 unspecified atom stereocenters. The molecule has 0 aliphatic heterocycles. The molecule has 0 amide bonds. The molecule has 0 saturated carbocycles. The van der Waals surface area contributed by atoms with Crippen LogP contribution in [-0.4, -0.2) is 39.6 Å². The molecule has 0 aliphatic carbocycles. The van der Waals surface area contributed by atoms with Gasteiger partial charge in [0.1, 0.15) is 5.82 Å². The number of sulfonamides is 1. The van der Waals surface area contributed by atoms with E-state index in [2.05, 4.69) is 16.6 Å². The van der Waals surface area contributed by atoms with Crippen LogP contribution in [0.3, 0.4) is 0 Å². The standard InChI is InChI=1S/C27H31N3O4S3/c1-3-4-5-7-20-9-13-23(14-10-20)37(33,34)28-18-17-24-26(30-27(29-24)25-8-6-19-35-25)21-11-15-22(16-12-21)36(2,31)32/h6,8-16,19,28H,3-5,7,17-18H2,1-2H3,(H,29,30). The number of aryl methyl sites for hydroxylation is 1. The molecule has 0 bridgehead atoms. The first kappa shape index (κ1) is 27.3. The zero-order valence-electron chi connectivity index (χ0n) is 20.9. The minimum Gasteiger partial charge on any atom is -0.341 e. The van der Waals surface area contributed by atoms with Gasteiger partial charge in [0.05, 0.1) is 20.4 Å². The fraction of sp³-hybridized carbons (Fsp3) is 0.296. The summed E-state index contributed by atoms with van der Waals surface area (Å²) in [6.45, 7) is 2.34. The van der Waals surface area contributed by atoms with Crippen molar-refractivity contribution < 1.29 is 16.8 Å². The van der Waals surface area contributed by atoms with Crippen molar-refractivity contribution in [3.63, 3.8) is 0 Å². The lowest BCUT2D eigenvalue weighted by molar-refractivity contribution is 0.581. The number of nitrogens with zero attached hydrogens (tertiary/aromatic N) is 1. The van der Waals surface area contributed by atoms with E-state index in [1.54, 1.807) is 47.7 Å². The van der Waals surface area contributed by atoms with Crippen LogP contribution in [0.2, 0.25) is 0 Å². The second-order valence-corrected chi connectivity index (χ2v) is 13.7. The third kappa shape index (κ3) is 6.95. The van der Waals surface area contributed by atoms with Crippen LogP contribution in [-0.2, 0) is 32.7 Å². The molecule has 0 atom stereocenters. The lowest BCUT2D eigenvalue weighted by Gasteiger charge is -2.08. The maximum atomic E-state index is 12.9. The van der Waals surface area contributed by atoms with Crippen LogP contribution in [0.15, 0.2) is 75.8 Å². The van der Waals surface area contributed by atoms with E-state index < -0.39 is 19.9 Å². The Labute approximate surface area is 223 Å². The van der Waals surface area contributed by atoms with Gasteiger partial charge in [0, 0.05) is 30.5 Å². The van der Waals surface area contributed by atoms with Crippen molar-refractivity contribution in [2.24, 2.45) is 0 Å². The summed E-state index contributed by atoms with van der Waals surface area (Å²) < 4.78 is 52.2.